The van der Waals surface area contributed by atoms with Crippen molar-refractivity contribution >= 4 is 10.0 Å². The van der Waals surface area contributed by atoms with E-state index in [9.17, 15) is 8.42 Å². The zero-order valence-electron chi connectivity index (χ0n) is 12.5. The molecule has 0 bridgehead atoms. The predicted octanol–water partition coefficient (Wildman–Crippen LogP) is 0.455. The van der Waals surface area contributed by atoms with Crippen molar-refractivity contribution in [1.29, 1.82) is 0 Å². The van der Waals surface area contributed by atoms with E-state index in [1.165, 1.54) is 0 Å². The molecule has 3 rings (SSSR count). The van der Waals surface area contributed by atoms with Crippen LogP contribution in [0.4, 0.5) is 0 Å². The van der Waals surface area contributed by atoms with E-state index in [1.54, 1.807) is 30.3 Å². The van der Waals surface area contributed by atoms with E-state index in [1.807, 2.05) is 0 Å². The van der Waals surface area contributed by atoms with Crippen molar-refractivity contribution in [1.82, 2.24) is 9.62 Å². The molecule has 0 aliphatic carbocycles. The van der Waals surface area contributed by atoms with Gasteiger partial charge in [0.25, 0.3) is 0 Å². The maximum Gasteiger partial charge on any atom is 0.240 e. The van der Waals surface area contributed by atoms with Gasteiger partial charge >= 0.3 is 0 Å². The molecule has 2 unspecified atom stereocenters. The molecule has 7 heteroatoms. The van der Waals surface area contributed by atoms with Crippen LogP contribution in [-0.2, 0) is 19.5 Å². The maximum atomic E-state index is 12.4. The van der Waals surface area contributed by atoms with Gasteiger partial charge in [-0.05, 0) is 18.6 Å². The Morgan fingerprint density at radius 1 is 1.05 bits per heavy atom. The summed E-state index contributed by atoms with van der Waals surface area (Å²) in [7, 11) is -3.49. The lowest BCUT2D eigenvalue weighted by molar-refractivity contribution is -0.0388. The summed E-state index contributed by atoms with van der Waals surface area (Å²) in [5, 5.41) is 0. The molecule has 2 saturated heterocycles. The summed E-state index contributed by atoms with van der Waals surface area (Å²) < 4.78 is 38.5. The van der Waals surface area contributed by atoms with Gasteiger partial charge in [-0.15, -0.1) is 0 Å². The van der Waals surface area contributed by atoms with Crippen molar-refractivity contribution in [3.8, 4) is 0 Å². The quantitative estimate of drug-likeness (QED) is 0.870. The molecule has 2 aliphatic rings. The number of morpholine rings is 1. The topological polar surface area (TPSA) is 67.9 Å². The van der Waals surface area contributed by atoms with Crippen LogP contribution in [0.1, 0.15) is 6.42 Å². The number of ether oxygens (including phenoxy) is 2. The fourth-order valence-corrected chi connectivity index (χ4v) is 4.23. The van der Waals surface area contributed by atoms with Gasteiger partial charge in [0.05, 0.1) is 31.3 Å². The number of hydrogen-bond acceptors (Lipinski definition) is 5. The van der Waals surface area contributed by atoms with Gasteiger partial charge in [-0.25, -0.2) is 13.1 Å². The van der Waals surface area contributed by atoms with E-state index in [-0.39, 0.29) is 12.1 Å². The number of sulfonamides is 1. The normalized spacial score (nSPS) is 27.6. The molecular formula is C15H22N2O4S. The third-order valence-corrected chi connectivity index (χ3v) is 5.66. The molecule has 2 fully saturated rings. The average Bonchev–Trinajstić information content (AvgIpc) is 2.56. The second kappa shape index (κ2) is 7.06. The lowest BCUT2D eigenvalue weighted by Gasteiger charge is -2.39. The molecule has 6 nitrogen and oxygen atoms in total. The van der Waals surface area contributed by atoms with E-state index in [2.05, 4.69) is 9.62 Å². The standard InChI is InChI=1S/C15H22N2O4S/c18-22(19,15-4-2-1-3-5-15)16-13-10-14(12-21-11-13)17-6-8-20-9-7-17/h1-5,13-14,16H,6-12H2. The van der Waals surface area contributed by atoms with Crippen LogP contribution in [0.15, 0.2) is 35.2 Å². The highest BCUT2D eigenvalue weighted by Crippen LogP contribution is 2.17. The zero-order valence-corrected chi connectivity index (χ0v) is 13.3. The molecule has 1 aromatic carbocycles. The SMILES string of the molecule is O=S(=O)(NC1COCC(N2CCOCC2)C1)c1ccccc1. The van der Waals surface area contributed by atoms with Gasteiger partial charge in [0.15, 0.2) is 0 Å². The van der Waals surface area contributed by atoms with Crippen molar-refractivity contribution in [2.24, 2.45) is 0 Å². The van der Waals surface area contributed by atoms with E-state index in [0.29, 0.717) is 18.1 Å². The van der Waals surface area contributed by atoms with E-state index < -0.39 is 10.0 Å². The van der Waals surface area contributed by atoms with Gasteiger partial charge in [0.2, 0.25) is 10.0 Å². The first kappa shape index (κ1) is 15.9. The molecule has 1 N–H and O–H groups in total. The van der Waals surface area contributed by atoms with Crippen LogP contribution in [0.5, 0.6) is 0 Å². The van der Waals surface area contributed by atoms with E-state index in [0.717, 1.165) is 32.7 Å². The van der Waals surface area contributed by atoms with E-state index in [4.69, 9.17) is 9.47 Å². The molecule has 0 spiro atoms. The minimum absolute atomic E-state index is 0.188. The minimum Gasteiger partial charge on any atom is -0.379 e. The number of nitrogens with one attached hydrogen (secondary N) is 1. The molecule has 0 aromatic heterocycles. The second-order valence-electron chi connectivity index (χ2n) is 5.71. The Bertz CT molecular complexity index is 572. The third-order valence-electron chi connectivity index (χ3n) is 4.12. The van der Waals surface area contributed by atoms with Crippen molar-refractivity contribution in [3.63, 3.8) is 0 Å². The van der Waals surface area contributed by atoms with Crippen LogP contribution in [0.25, 0.3) is 0 Å². The summed E-state index contributed by atoms with van der Waals surface area (Å²) in [5.74, 6) is 0. The summed E-state index contributed by atoms with van der Waals surface area (Å²) in [6, 6.07) is 8.52. The molecule has 2 aliphatic heterocycles. The number of nitrogens with zero attached hydrogens (tertiary/aromatic N) is 1. The first-order valence-electron chi connectivity index (χ1n) is 7.62. The summed E-state index contributed by atoms with van der Waals surface area (Å²) in [5.41, 5.74) is 0. The Morgan fingerprint density at radius 2 is 1.77 bits per heavy atom. The third kappa shape index (κ3) is 3.85. The van der Waals surface area contributed by atoms with Gasteiger partial charge in [0, 0.05) is 25.2 Å². The van der Waals surface area contributed by atoms with Crippen LogP contribution in [0.2, 0.25) is 0 Å². The Kier molecular flexibility index (Phi) is 5.10. The molecular weight excluding hydrogens is 304 g/mol. The van der Waals surface area contributed by atoms with Gasteiger partial charge in [0.1, 0.15) is 0 Å². The monoisotopic (exact) mass is 326 g/mol. The summed E-state index contributed by atoms with van der Waals surface area (Å²) in [6.45, 7) is 4.31. The highest BCUT2D eigenvalue weighted by Gasteiger charge is 2.30. The van der Waals surface area contributed by atoms with Gasteiger partial charge in [-0.2, -0.15) is 0 Å². The van der Waals surface area contributed by atoms with Gasteiger partial charge < -0.3 is 9.47 Å². The highest BCUT2D eigenvalue weighted by atomic mass is 32.2. The van der Waals surface area contributed by atoms with Crippen molar-refractivity contribution in [2.45, 2.75) is 23.4 Å². The molecule has 22 heavy (non-hydrogen) atoms. The van der Waals surface area contributed by atoms with Crippen LogP contribution >= 0.6 is 0 Å². The van der Waals surface area contributed by atoms with Gasteiger partial charge in [-0.3, -0.25) is 4.90 Å². The maximum absolute atomic E-state index is 12.4. The van der Waals surface area contributed by atoms with Crippen molar-refractivity contribution in [3.05, 3.63) is 30.3 Å². The Hall–Kier alpha value is -0.990. The Labute approximate surface area is 131 Å². The first-order valence-corrected chi connectivity index (χ1v) is 9.10. The molecule has 122 valence electrons. The minimum atomic E-state index is -3.49. The smallest absolute Gasteiger partial charge is 0.240 e. The first-order chi connectivity index (χ1) is 10.6. The molecule has 2 heterocycles. The van der Waals surface area contributed by atoms with Crippen molar-refractivity contribution in [2.75, 3.05) is 39.5 Å². The molecule has 0 amide bonds. The van der Waals surface area contributed by atoms with E-state index >= 15 is 0 Å². The van der Waals surface area contributed by atoms with Gasteiger partial charge in [-0.1, -0.05) is 18.2 Å². The summed E-state index contributed by atoms with van der Waals surface area (Å²) in [4.78, 5) is 2.62. The van der Waals surface area contributed by atoms with Crippen LogP contribution < -0.4 is 4.72 Å². The zero-order chi connectivity index (χ0) is 15.4. The second-order valence-corrected chi connectivity index (χ2v) is 7.42. The predicted molar refractivity (Wildman–Crippen MR) is 82.2 cm³/mol. The summed E-state index contributed by atoms with van der Waals surface area (Å²) in [6.07, 6.45) is 0.770. The van der Waals surface area contributed by atoms with Crippen LogP contribution in [0, 0.1) is 0 Å². The molecule has 0 radical (unpaired) electrons. The highest BCUT2D eigenvalue weighted by molar-refractivity contribution is 7.89. The van der Waals surface area contributed by atoms with Crippen LogP contribution in [-0.4, -0.2) is 64.9 Å². The Morgan fingerprint density at radius 3 is 2.50 bits per heavy atom. The van der Waals surface area contributed by atoms with Crippen molar-refractivity contribution < 1.29 is 17.9 Å². The molecule has 1 aromatic rings. The lowest BCUT2D eigenvalue weighted by atomic mass is 10.0. The number of benzene rings is 1. The number of rotatable bonds is 4. The molecule has 0 saturated carbocycles. The average molecular weight is 326 g/mol. The Balaban J connectivity index is 1.62. The number of hydrogen-bond donors (Lipinski definition) is 1. The van der Waals surface area contributed by atoms with Crippen LogP contribution in [0.3, 0.4) is 0 Å². The fourth-order valence-electron chi connectivity index (χ4n) is 2.98. The lowest BCUT2D eigenvalue weighted by Crippen LogP contribution is -2.53. The summed E-state index contributed by atoms with van der Waals surface area (Å²) >= 11 is 0. The fraction of sp³-hybridized carbons (Fsp3) is 0.600. The largest absolute Gasteiger partial charge is 0.379 e. The molecule has 2 atom stereocenters.